The molecule has 2 heterocycles. The maximum Gasteiger partial charge on any atom is 0.416 e. The van der Waals surface area contributed by atoms with E-state index in [1.165, 1.54) is 12.1 Å². The largest absolute Gasteiger partial charge is 0.416 e. The molecule has 0 saturated carbocycles. The summed E-state index contributed by atoms with van der Waals surface area (Å²) in [7, 11) is 0. The van der Waals surface area contributed by atoms with Crippen molar-refractivity contribution < 1.29 is 18.0 Å². The predicted octanol–water partition coefficient (Wildman–Crippen LogP) is 5.54. The van der Waals surface area contributed by atoms with Gasteiger partial charge < -0.3 is 9.80 Å². The number of benzene rings is 2. The molecule has 34 heavy (non-hydrogen) atoms. The quantitative estimate of drug-likeness (QED) is 0.493. The number of carbonyl (C=O) groups is 1. The summed E-state index contributed by atoms with van der Waals surface area (Å²) in [5.74, 6) is 1.04. The van der Waals surface area contributed by atoms with Crippen molar-refractivity contribution in [2.75, 3.05) is 24.5 Å². The second-order valence-corrected chi connectivity index (χ2v) is 8.93. The van der Waals surface area contributed by atoms with E-state index in [9.17, 15) is 18.0 Å². The summed E-state index contributed by atoms with van der Waals surface area (Å²) in [6, 6.07) is 13.9. The standard InChI is InChI=1S/C26H27F3N4O/c1-18(2)16-23-17-32(25-30-12-3-13-31-25)14-15-33(23)24(34)21-6-4-19(5-7-21)20-8-10-22(11-9-20)26(27,28)29/h3-13,18,23H,14-17H2,1-2H3. The van der Waals surface area contributed by atoms with Crippen LogP contribution in [0.2, 0.25) is 0 Å². The maximum absolute atomic E-state index is 13.4. The summed E-state index contributed by atoms with van der Waals surface area (Å²) < 4.78 is 38.5. The number of hydrogen-bond acceptors (Lipinski definition) is 4. The van der Waals surface area contributed by atoms with E-state index in [2.05, 4.69) is 28.7 Å². The Hall–Kier alpha value is -3.42. The molecular formula is C26H27F3N4O. The fourth-order valence-electron chi connectivity index (χ4n) is 4.33. The van der Waals surface area contributed by atoms with Gasteiger partial charge in [-0.15, -0.1) is 0 Å². The molecule has 5 nitrogen and oxygen atoms in total. The third-order valence-electron chi connectivity index (χ3n) is 6.00. The van der Waals surface area contributed by atoms with Gasteiger partial charge in [-0.1, -0.05) is 38.1 Å². The Kier molecular flexibility index (Phi) is 6.86. The lowest BCUT2D eigenvalue weighted by atomic mass is 9.98. The van der Waals surface area contributed by atoms with Crippen molar-refractivity contribution in [1.82, 2.24) is 14.9 Å². The minimum absolute atomic E-state index is 0.0274. The zero-order valence-electron chi connectivity index (χ0n) is 19.2. The van der Waals surface area contributed by atoms with E-state index in [0.717, 1.165) is 24.1 Å². The molecule has 1 aromatic heterocycles. The second-order valence-electron chi connectivity index (χ2n) is 8.93. The Labute approximate surface area is 197 Å². The first-order valence-electron chi connectivity index (χ1n) is 11.3. The Morgan fingerprint density at radius 3 is 2.12 bits per heavy atom. The number of hydrogen-bond donors (Lipinski definition) is 0. The predicted molar refractivity (Wildman–Crippen MR) is 125 cm³/mol. The molecule has 178 valence electrons. The average molecular weight is 469 g/mol. The molecule has 1 aliphatic rings. The van der Waals surface area contributed by atoms with Crippen molar-refractivity contribution >= 4 is 11.9 Å². The molecule has 1 fully saturated rings. The van der Waals surface area contributed by atoms with Crippen LogP contribution in [0.5, 0.6) is 0 Å². The molecule has 0 N–H and O–H groups in total. The first kappa shape index (κ1) is 23.7. The van der Waals surface area contributed by atoms with Gasteiger partial charge >= 0.3 is 6.18 Å². The number of amides is 1. The fourth-order valence-corrected chi connectivity index (χ4v) is 4.33. The molecule has 1 saturated heterocycles. The van der Waals surface area contributed by atoms with Crippen molar-refractivity contribution in [1.29, 1.82) is 0 Å². The van der Waals surface area contributed by atoms with Crippen LogP contribution in [0.1, 0.15) is 36.2 Å². The van der Waals surface area contributed by atoms with Gasteiger partial charge in [-0.25, -0.2) is 9.97 Å². The fraction of sp³-hybridized carbons (Fsp3) is 0.346. The summed E-state index contributed by atoms with van der Waals surface area (Å²) in [6.45, 7) is 6.15. The first-order chi connectivity index (χ1) is 16.2. The number of nitrogens with zero attached hydrogens (tertiary/aromatic N) is 4. The van der Waals surface area contributed by atoms with Crippen LogP contribution in [0.25, 0.3) is 11.1 Å². The van der Waals surface area contributed by atoms with Crippen molar-refractivity contribution in [3.63, 3.8) is 0 Å². The minimum Gasteiger partial charge on any atom is -0.337 e. The van der Waals surface area contributed by atoms with E-state index in [-0.39, 0.29) is 11.9 Å². The van der Waals surface area contributed by atoms with Crippen molar-refractivity contribution in [3.05, 3.63) is 78.1 Å². The van der Waals surface area contributed by atoms with Crippen LogP contribution in [0.3, 0.4) is 0 Å². The van der Waals surface area contributed by atoms with Crippen molar-refractivity contribution in [3.8, 4) is 11.1 Å². The van der Waals surface area contributed by atoms with E-state index >= 15 is 0 Å². The first-order valence-corrected chi connectivity index (χ1v) is 11.3. The minimum atomic E-state index is -4.36. The lowest BCUT2D eigenvalue weighted by Crippen LogP contribution is -2.56. The molecule has 0 aliphatic carbocycles. The van der Waals surface area contributed by atoms with Gasteiger partial charge in [0.05, 0.1) is 5.56 Å². The van der Waals surface area contributed by atoms with Crippen LogP contribution in [-0.2, 0) is 6.18 Å². The number of carbonyl (C=O) groups excluding carboxylic acids is 1. The Bertz CT molecular complexity index is 1100. The van der Waals surface area contributed by atoms with Crippen LogP contribution < -0.4 is 4.90 Å². The van der Waals surface area contributed by atoms with Gasteiger partial charge in [0.15, 0.2) is 0 Å². The van der Waals surface area contributed by atoms with Crippen LogP contribution >= 0.6 is 0 Å². The lowest BCUT2D eigenvalue weighted by Gasteiger charge is -2.42. The monoisotopic (exact) mass is 468 g/mol. The van der Waals surface area contributed by atoms with Gasteiger partial charge in [-0.05, 0) is 53.8 Å². The number of anilines is 1. The zero-order chi connectivity index (χ0) is 24.3. The number of rotatable bonds is 5. The average Bonchev–Trinajstić information content (AvgIpc) is 2.83. The Balaban J connectivity index is 1.49. The maximum atomic E-state index is 13.4. The highest BCUT2D eigenvalue weighted by Crippen LogP contribution is 2.31. The van der Waals surface area contributed by atoms with Crippen LogP contribution in [0.4, 0.5) is 19.1 Å². The van der Waals surface area contributed by atoms with Crippen LogP contribution in [0.15, 0.2) is 67.0 Å². The van der Waals surface area contributed by atoms with Gasteiger partial charge in [0.1, 0.15) is 0 Å². The van der Waals surface area contributed by atoms with Gasteiger partial charge in [0, 0.05) is 43.6 Å². The third-order valence-corrected chi connectivity index (χ3v) is 6.00. The normalized spacial score (nSPS) is 16.7. The number of alkyl halides is 3. The summed E-state index contributed by atoms with van der Waals surface area (Å²) in [4.78, 5) is 26.1. The smallest absolute Gasteiger partial charge is 0.337 e. The Morgan fingerprint density at radius 1 is 0.971 bits per heavy atom. The molecule has 4 rings (SSSR count). The molecule has 3 aromatic rings. The molecule has 2 aromatic carbocycles. The highest BCUT2D eigenvalue weighted by molar-refractivity contribution is 5.95. The van der Waals surface area contributed by atoms with E-state index in [0.29, 0.717) is 42.6 Å². The number of piperazine rings is 1. The zero-order valence-corrected chi connectivity index (χ0v) is 19.2. The molecule has 1 amide bonds. The molecule has 1 atom stereocenters. The summed E-state index contributed by atoms with van der Waals surface area (Å²) >= 11 is 0. The van der Waals surface area contributed by atoms with E-state index < -0.39 is 11.7 Å². The van der Waals surface area contributed by atoms with Gasteiger partial charge in [-0.2, -0.15) is 13.2 Å². The van der Waals surface area contributed by atoms with Crippen molar-refractivity contribution in [2.24, 2.45) is 5.92 Å². The van der Waals surface area contributed by atoms with Crippen molar-refractivity contribution in [2.45, 2.75) is 32.5 Å². The SMILES string of the molecule is CC(C)CC1CN(c2ncccn2)CCN1C(=O)c1ccc(-c2ccc(C(F)(F)F)cc2)cc1. The molecule has 8 heteroatoms. The number of aromatic nitrogens is 2. The summed E-state index contributed by atoms with van der Waals surface area (Å²) in [5.41, 5.74) is 1.31. The van der Waals surface area contributed by atoms with Gasteiger partial charge in [0.25, 0.3) is 5.91 Å². The van der Waals surface area contributed by atoms with E-state index in [4.69, 9.17) is 0 Å². The lowest BCUT2D eigenvalue weighted by molar-refractivity contribution is -0.137. The summed E-state index contributed by atoms with van der Waals surface area (Å²) in [6.07, 6.45) is -0.0677. The molecular weight excluding hydrogens is 441 g/mol. The van der Waals surface area contributed by atoms with Crippen LogP contribution in [0, 0.1) is 5.92 Å². The molecule has 0 spiro atoms. The third kappa shape index (κ3) is 5.38. The van der Waals surface area contributed by atoms with Crippen LogP contribution in [-0.4, -0.2) is 46.5 Å². The molecule has 1 aliphatic heterocycles. The summed E-state index contributed by atoms with van der Waals surface area (Å²) in [5, 5.41) is 0. The molecule has 0 radical (unpaired) electrons. The number of halogens is 3. The molecule has 1 unspecified atom stereocenters. The van der Waals surface area contributed by atoms with E-state index in [1.54, 1.807) is 42.7 Å². The Morgan fingerprint density at radius 2 is 1.56 bits per heavy atom. The highest BCUT2D eigenvalue weighted by Gasteiger charge is 2.32. The van der Waals surface area contributed by atoms with Gasteiger partial charge in [-0.3, -0.25) is 4.79 Å². The van der Waals surface area contributed by atoms with Gasteiger partial charge in [0.2, 0.25) is 5.95 Å². The second kappa shape index (κ2) is 9.83. The topological polar surface area (TPSA) is 49.3 Å². The molecule has 0 bridgehead atoms. The van der Waals surface area contributed by atoms with E-state index in [1.807, 2.05) is 4.90 Å². The highest BCUT2D eigenvalue weighted by atomic mass is 19.4.